The van der Waals surface area contributed by atoms with Gasteiger partial charge in [-0.1, -0.05) is 45.0 Å². The predicted octanol–water partition coefficient (Wildman–Crippen LogP) is 6.91. The molecule has 0 aromatic heterocycles. The molecule has 0 unspecified atom stereocenters. The molecular weight excluding hydrogens is 422 g/mol. The van der Waals surface area contributed by atoms with Crippen LogP contribution in [0.4, 0.5) is 0 Å². The average molecular weight is 466 g/mol. The maximum absolute atomic E-state index is 12.2. The second kappa shape index (κ2) is 10.7. The molecule has 1 saturated carbocycles. The molecule has 0 radical (unpaired) electrons. The van der Waals surface area contributed by atoms with Gasteiger partial charge in [0.1, 0.15) is 5.75 Å². The van der Waals surface area contributed by atoms with Crippen LogP contribution in [-0.4, -0.2) is 36.7 Å². The Morgan fingerprint density at radius 1 is 1.00 bits per heavy atom. The largest absolute Gasteiger partial charge is 0.490 e. The van der Waals surface area contributed by atoms with Crippen LogP contribution in [-0.2, 0) is 16.1 Å². The van der Waals surface area contributed by atoms with Gasteiger partial charge in [0.15, 0.2) is 0 Å². The fraction of sp³-hybridized carbons (Fsp3) is 0.633. The van der Waals surface area contributed by atoms with Gasteiger partial charge in [-0.25, -0.2) is 0 Å². The van der Waals surface area contributed by atoms with Crippen LogP contribution in [0.5, 0.6) is 5.75 Å². The third-order valence-electron chi connectivity index (χ3n) is 8.10. The molecule has 1 saturated heterocycles. The molecule has 1 heterocycles. The highest BCUT2D eigenvalue weighted by atomic mass is 16.5. The van der Waals surface area contributed by atoms with Gasteiger partial charge in [0, 0.05) is 12.1 Å². The standard InChI is InChI=1S/C30H43NO3/c1-6-33-29(32)22-15-17-31(18-16-22)20-27-26-10-8-7-9-25(26)21(2)19-28(27)34-24-13-11-23(12-14-24)30(3,4)5/h7-10,19,22-24H,6,11-18,20H2,1-5H3/t23-,24-. The van der Waals surface area contributed by atoms with Crippen molar-refractivity contribution in [1.82, 2.24) is 4.90 Å². The third-order valence-corrected chi connectivity index (χ3v) is 8.10. The van der Waals surface area contributed by atoms with Crippen LogP contribution in [0.15, 0.2) is 30.3 Å². The van der Waals surface area contributed by atoms with E-state index in [4.69, 9.17) is 9.47 Å². The molecule has 0 amide bonds. The van der Waals surface area contributed by atoms with Crippen molar-refractivity contribution in [2.24, 2.45) is 17.3 Å². The molecule has 4 heteroatoms. The Balaban J connectivity index is 1.51. The molecule has 1 aliphatic carbocycles. The number of aryl methyl sites for hydroxylation is 1. The summed E-state index contributed by atoms with van der Waals surface area (Å²) >= 11 is 0. The minimum Gasteiger partial charge on any atom is -0.490 e. The number of ether oxygens (including phenoxy) is 2. The van der Waals surface area contributed by atoms with E-state index in [9.17, 15) is 4.79 Å². The number of nitrogens with zero attached hydrogens (tertiary/aromatic N) is 1. The van der Waals surface area contributed by atoms with E-state index < -0.39 is 0 Å². The van der Waals surface area contributed by atoms with Crippen molar-refractivity contribution in [3.05, 3.63) is 41.5 Å². The van der Waals surface area contributed by atoms with E-state index in [1.54, 1.807) is 0 Å². The Morgan fingerprint density at radius 3 is 2.26 bits per heavy atom. The normalized spacial score (nSPS) is 22.6. The molecule has 2 aromatic carbocycles. The number of rotatable bonds is 6. The SMILES string of the molecule is CCOC(=O)C1CCN(Cc2c(O[C@H]3CC[C@H](C(C)(C)C)CC3)cc(C)c3ccccc23)CC1. The molecule has 0 bridgehead atoms. The first kappa shape index (κ1) is 25.0. The van der Waals surface area contributed by atoms with Crippen LogP contribution in [0, 0.1) is 24.2 Å². The first-order chi connectivity index (χ1) is 16.3. The molecular formula is C30H43NO3. The zero-order valence-electron chi connectivity index (χ0n) is 21.9. The summed E-state index contributed by atoms with van der Waals surface area (Å²) < 4.78 is 12.0. The lowest BCUT2D eigenvalue weighted by Gasteiger charge is -2.37. The van der Waals surface area contributed by atoms with Crippen molar-refractivity contribution >= 4 is 16.7 Å². The maximum atomic E-state index is 12.2. The number of esters is 1. The van der Waals surface area contributed by atoms with Crippen LogP contribution in [0.3, 0.4) is 0 Å². The van der Waals surface area contributed by atoms with Gasteiger partial charge < -0.3 is 9.47 Å². The van der Waals surface area contributed by atoms with Crippen molar-refractivity contribution in [3.8, 4) is 5.75 Å². The van der Waals surface area contributed by atoms with Crippen molar-refractivity contribution in [1.29, 1.82) is 0 Å². The summed E-state index contributed by atoms with van der Waals surface area (Å²) in [5.74, 6) is 1.85. The molecule has 0 atom stereocenters. The van der Waals surface area contributed by atoms with Gasteiger partial charge in [0.2, 0.25) is 0 Å². The van der Waals surface area contributed by atoms with Gasteiger partial charge in [-0.05, 0) is 99.2 Å². The number of benzene rings is 2. The quantitative estimate of drug-likeness (QED) is 0.435. The van der Waals surface area contributed by atoms with E-state index in [1.165, 1.54) is 34.7 Å². The predicted molar refractivity (Wildman–Crippen MR) is 139 cm³/mol. The number of piperidine rings is 1. The second-order valence-corrected chi connectivity index (χ2v) is 11.5. The van der Waals surface area contributed by atoms with Crippen molar-refractivity contribution in [2.45, 2.75) is 85.8 Å². The van der Waals surface area contributed by atoms with E-state index in [0.717, 1.165) is 57.0 Å². The van der Waals surface area contributed by atoms with Gasteiger partial charge in [0.25, 0.3) is 0 Å². The Bertz CT molecular complexity index is 976. The Kier molecular flexibility index (Phi) is 7.87. The molecule has 34 heavy (non-hydrogen) atoms. The molecule has 4 nitrogen and oxygen atoms in total. The van der Waals surface area contributed by atoms with Gasteiger partial charge in [-0.3, -0.25) is 9.69 Å². The molecule has 186 valence electrons. The number of likely N-dealkylation sites (tertiary alicyclic amines) is 1. The monoisotopic (exact) mass is 465 g/mol. The van der Waals surface area contributed by atoms with Crippen molar-refractivity contribution in [3.63, 3.8) is 0 Å². The topological polar surface area (TPSA) is 38.8 Å². The summed E-state index contributed by atoms with van der Waals surface area (Å²) in [5, 5.41) is 2.61. The smallest absolute Gasteiger partial charge is 0.309 e. The fourth-order valence-corrected chi connectivity index (χ4v) is 5.89. The summed E-state index contributed by atoms with van der Waals surface area (Å²) in [4.78, 5) is 14.7. The minimum atomic E-state index is -0.0298. The van der Waals surface area contributed by atoms with Crippen LogP contribution >= 0.6 is 0 Å². The lowest BCUT2D eigenvalue weighted by Crippen LogP contribution is -2.36. The van der Waals surface area contributed by atoms with Gasteiger partial charge >= 0.3 is 5.97 Å². The zero-order valence-corrected chi connectivity index (χ0v) is 21.9. The van der Waals surface area contributed by atoms with Gasteiger partial charge in [-0.15, -0.1) is 0 Å². The highest BCUT2D eigenvalue weighted by molar-refractivity contribution is 5.90. The Labute approximate surface area is 206 Å². The van der Waals surface area contributed by atoms with Crippen LogP contribution in [0.25, 0.3) is 10.8 Å². The first-order valence-corrected chi connectivity index (χ1v) is 13.3. The lowest BCUT2D eigenvalue weighted by atomic mass is 9.72. The lowest BCUT2D eigenvalue weighted by molar-refractivity contribution is -0.149. The summed E-state index contributed by atoms with van der Waals surface area (Å²) in [5.41, 5.74) is 2.96. The molecule has 1 aliphatic heterocycles. The van der Waals surface area contributed by atoms with Crippen molar-refractivity contribution in [2.75, 3.05) is 19.7 Å². The summed E-state index contributed by atoms with van der Waals surface area (Å²) in [6, 6.07) is 11.0. The molecule has 2 fully saturated rings. The van der Waals surface area contributed by atoms with Crippen LogP contribution in [0.1, 0.15) is 77.3 Å². The highest BCUT2D eigenvalue weighted by Gasteiger charge is 2.31. The Morgan fingerprint density at radius 2 is 1.65 bits per heavy atom. The highest BCUT2D eigenvalue weighted by Crippen LogP contribution is 2.40. The van der Waals surface area contributed by atoms with Crippen LogP contribution in [0.2, 0.25) is 0 Å². The van der Waals surface area contributed by atoms with Crippen molar-refractivity contribution < 1.29 is 14.3 Å². The van der Waals surface area contributed by atoms with E-state index in [1.807, 2.05) is 6.92 Å². The first-order valence-electron chi connectivity index (χ1n) is 13.3. The molecule has 4 rings (SSSR count). The fourth-order valence-electron chi connectivity index (χ4n) is 5.89. The average Bonchev–Trinajstić information content (AvgIpc) is 2.82. The number of fused-ring (bicyclic) bond motifs is 1. The Hall–Kier alpha value is -2.07. The van der Waals surface area contributed by atoms with Gasteiger partial charge in [-0.2, -0.15) is 0 Å². The number of hydrogen-bond acceptors (Lipinski definition) is 4. The zero-order chi connectivity index (χ0) is 24.3. The molecule has 2 aromatic rings. The van der Waals surface area contributed by atoms with Crippen LogP contribution < -0.4 is 4.74 Å². The maximum Gasteiger partial charge on any atom is 0.309 e. The third kappa shape index (κ3) is 5.76. The van der Waals surface area contributed by atoms with E-state index >= 15 is 0 Å². The summed E-state index contributed by atoms with van der Waals surface area (Å²) in [7, 11) is 0. The van der Waals surface area contributed by atoms with Gasteiger partial charge in [0.05, 0.1) is 18.6 Å². The molecule has 2 aliphatic rings. The summed E-state index contributed by atoms with van der Waals surface area (Å²) in [6.07, 6.45) is 6.81. The number of carbonyl (C=O) groups is 1. The second-order valence-electron chi connectivity index (χ2n) is 11.5. The van der Waals surface area contributed by atoms with E-state index in [0.29, 0.717) is 18.1 Å². The molecule has 0 spiro atoms. The number of carbonyl (C=O) groups excluding carboxylic acids is 1. The minimum absolute atomic E-state index is 0.0298. The van der Waals surface area contributed by atoms with E-state index in [-0.39, 0.29) is 11.9 Å². The molecule has 0 N–H and O–H groups in total. The summed E-state index contributed by atoms with van der Waals surface area (Å²) in [6.45, 7) is 14.4. The number of hydrogen-bond donors (Lipinski definition) is 0. The van der Waals surface area contributed by atoms with E-state index in [2.05, 4.69) is 62.9 Å².